The molecule has 2 bridgehead atoms. The Morgan fingerprint density at radius 1 is 0.860 bits per heavy atom. The van der Waals surface area contributed by atoms with Crippen molar-refractivity contribution in [3.05, 3.63) is 105 Å². The lowest BCUT2D eigenvalue weighted by Gasteiger charge is -2.45. The van der Waals surface area contributed by atoms with Crippen LogP contribution >= 0.6 is 0 Å². The number of hydrogen-bond acceptors (Lipinski definition) is 7. The molecule has 3 aliphatic carbocycles. The van der Waals surface area contributed by atoms with Gasteiger partial charge in [0.05, 0.1) is 16.8 Å². The minimum atomic E-state index is -0.600. The number of rotatable bonds is 10. The first-order valence-electron chi connectivity index (χ1n) is 14.5. The molecule has 1 N–H and O–H groups in total. The van der Waals surface area contributed by atoms with E-state index < -0.39 is 35.2 Å². The Bertz CT molecular complexity index is 1540. The molecule has 0 saturated carbocycles. The summed E-state index contributed by atoms with van der Waals surface area (Å²) in [5.41, 5.74) is 5.16. The Hall–Kier alpha value is -4.86. The van der Waals surface area contributed by atoms with E-state index in [2.05, 4.69) is 29.6 Å². The number of carbonyl (C=O) groups is 4. The van der Waals surface area contributed by atoms with Crippen molar-refractivity contribution in [2.45, 2.75) is 44.4 Å². The van der Waals surface area contributed by atoms with Crippen molar-refractivity contribution in [1.29, 1.82) is 0 Å². The van der Waals surface area contributed by atoms with Crippen molar-refractivity contribution in [1.82, 2.24) is 4.90 Å². The van der Waals surface area contributed by atoms with E-state index in [1.54, 1.807) is 6.92 Å². The van der Waals surface area contributed by atoms with Crippen LogP contribution in [-0.4, -0.2) is 46.7 Å². The minimum Gasteiger partial charge on any atom is -0.456 e. The minimum absolute atomic E-state index is 0.0885. The van der Waals surface area contributed by atoms with Gasteiger partial charge in [0, 0.05) is 42.1 Å². The molecule has 7 rings (SSSR count). The zero-order valence-electron chi connectivity index (χ0n) is 23.7. The van der Waals surface area contributed by atoms with Crippen LogP contribution in [0.3, 0.4) is 0 Å². The lowest BCUT2D eigenvalue weighted by atomic mass is 9.55. The van der Waals surface area contributed by atoms with Crippen LogP contribution in [0.2, 0.25) is 0 Å². The van der Waals surface area contributed by atoms with Gasteiger partial charge in [-0.15, -0.1) is 0 Å². The summed E-state index contributed by atoms with van der Waals surface area (Å²) in [7, 11) is 0. The summed E-state index contributed by atoms with van der Waals surface area (Å²) >= 11 is 0. The summed E-state index contributed by atoms with van der Waals surface area (Å²) < 4.78 is 5.04. The Labute approximate surface area is 248 Å². The zero-order chi connectivity index (χ0) is 30.2. The molecule has 3 aromatic rings. The van der Waals surface area contributed by atoms with E-state index in [1.165, 1.54) is 23.1 Å². The number of unbranched alkanes of at least 4 members (excludes halogenated alkanes) is 2. The van der Waals surface area contributed by atoms with Gasteiger partial charge in [0.2, 0.25) is 11.8 Å². The first kappa shape index (κ1) is 28.3. The fourth-order valence-electron chi connectivity index (χ4n) is 6.97. The maximum Gasteiger partial charge on any atom is 0.306 e. The fourth-order valence-corrected chi connectivity index (χ4v) is 6.97. The van der Waals surface area contributed by atoms with Crippen molar-refractivity contribution in [3.8, 4) is 0 Å². The van der Waals surface area contributed by atoms with E-state index in [0.29, 0.717) is 31.4 Å². The highest BCUT2D eigenvalue weighted by Gasteiger charge is 2.61. The third kappa shape index (κ3) is 5.07. The van der Waals surface area contributed by atoms with Crippen LogP contribution in [0.1, 0.15) is 65.3 Å². The second-order valence-electron chi connectivity index (χ2n) is 11.4. The van der Waals surface area contributed by atoms with Crippen molar-refractivity contribution in [2.75, 3.05) is 18.5 Å². The Balaban J connectivity index is 0.982. The van der Waals surface area contributed by atoms with Crippen LogP contribution in [0.5, 0.6) is 0 Å². The molecule has 0 unspecified atom stereocenters. The number of amides is 3. The molecular weight excluding hydrogens is 550 g/mol. The van der Waals surface area contributed by atoms with Crippen LogP contribution in [-0.2, 0) is 23.9 Å². The van der Waals surface area contributed by atoms with Crippen LogP contribution in [0.15, 0.2) is 66.7 Å². The zero-order valence-corrected chi connectivity index (χ0v) is 23.7. The number of aryl methyl sites for hydroxylation is 1. The Morgan fingerprint density at radius 2 is 1.42 bits per heavy atom. The summed E-state index contributed by atoms with van der Waals surface area (Å²) in [5, 5.41) is 13.6. The summed E-state index contributed by atoms with van der Waals surface area (Å²) in [4.78, 5) is 63.6. The standard InChI is InChI=1S/C33H31N3O7/c1-19-14-15-20(17-25(19)36(41)42)34-26(37)18-43-27(38)13-3-2-8-16-35-32(39)30-28-21-9-4-5-10-22(21)29(31(30)33(35)40)24-12-7-6-11-23(24)28/h4-7,9-12,14-15,17,28-31H,2-3,8,13,16,18H2,1H3,(H,34,37)/t28?,29?,30-,31-/m0/s1. The fraction of sp³-hybridized carbons (Fsp3) is 0.333. The smallest absolute Gasteiger partial charge is 0.306 e. The second kappa shape index (κ2) is 11.4. The highest BCUT2D eigenvalue weighted by Crippen LogP contribution is 2.60. The molecule has 1 aliphatic heterocycles. The molecule has 220 valence electrons. The van der Waals surface area contributed by atoms with Gasteiger partial charge in [0.15, 0.2) is 6.61 Å². The van der Waals surface area contributed by atoms with Gasteiger partial charge in [-0.3, -0.25) is 34.2 Å². The number of likely N-dealkylation sites (tertiary alicyclic amines) is 1. The maximum absolute atomic E-state index is 13.6. The Morgan fingerprint density at radius 3 is 1.95 bits per heavy atom. The van der Waals surface area contributed by atoms with Crippen LogP contribution in [0.25, 0.3) is 0 Å². The number of ether oxygens (including phenoxy) is 1. The second-order valence-corrected chi connectivity index (χ2v) is 11.4. The van der Waals surface area contributed by atoms with Crippen LogP contribution in [0.4, 0.5) is 11.4 Å². The van der Waals surface area contributed by atoms with E-state index in [0.717, 1.165) is 22.3 Å². The number of carbonyl (C=O) groups excluding carboxylic acids is 4. The monoisotopic (exact) mass is 581 g/mol. The Kier molecular flexibility index (Phi) is 7.52. The van der Waals surface area contributed by atoms with Crippen molar-refractivity contribution in [2.24, 2.45) is 11.8 Å². The highest BCUT2D eigenvalue weighted by atomic mass is 16.6. The quantitative estimate of drug-likeness (QED) is 0.119. The summed E-state index contributed by atoms with van der Waals surface area (Å²) in [6.45, 7) is 1.39. The number of imide groups is 1. The molecule has 43 heavy (non-hydrogen) atoms. The average Bonchev–Trinajstić information content (AvgIpc) is 3.26. The number of benzene rings is 3. The molecule has 2 atom stereocenters. The summed E-state index contributed by atoms with van der Waals surface area (Å²) in [6, 6.07) is 20.6. The van der Waals surface area contributed by atoms with Crippen LogP contribution in [0, 0.1) is 28.9 Å². The van der Waals surface area contributed by atoms with Crippen molar-refractivity contribution >= 4 is 35.1 Å². The molecule has 10 nitrogen and oxygen atoms in total. The van der Waals surface area contributed by atoms with E-state index in [9.17, 15) is 29.3 Å². The SMILES string of the molecule is Cc1ccc(NC(=O)COC(=O)CCCCCN2C(=O)[C@H]3C4c5ccccc5C(c5ccccc54)[C@@H]3C2=O)cc1[N+](=O)[O-]. The molecule has 0 spiro atoms. The molecule has 3 amide bonds. The highest BCUT2D eigenvalue weighted by molar-refractivity contribution is 6.07. The molecule has 1 heterocycles. The van der Waals surface area contributed by atoms with E-state index in [1.807, 2.05) is 24.3 Å². The average molecular weight is 582 g/mol. The molecule has 3 aromatic carbocycles. The molecule has 1 saturated heterocycles. The van der Waals surface area contributed by atoms with Gasteiger partial charge in [-0.25, -0.2) is 0 Å². The predicted molar refractivity (Wildman–Crippen MR) is 156 cm³/mol. The molecule has 1 fully saturated rings. The first-order valence-corrected chi connectivity index (χ1v) is 14.5. The van der Waals surface area contributed by atoms with Gasteiger partial charge >= 0.3 is 5.97 Å². The number of anilines is 1. The van der Waals surface area contributed by atoms with Crippen molar-refractivity contribution in [3.63, 3.8) is 0 Å². The molecule has 4 aliphatic rings. The third-order valence-electron chi connectivity index (χ3n) is 8.86. The van der Waals surface area contributed by atoms with Crippen LogP contribution < -0.4 is 5.32 Å². The lowest BCUT2D eigenvalue weighted by Crippen LogP contribution is -2.41. The van der Waals surface area contributed by atoms with E-state index in [4.69, 9.17) is 4.74 Å². The molecule has 0 radical (unpaired) electrons. The lowest BCUT2D eigenvalue weighted by molar-refractivity contribution is -0.385. The summed E-state index contributed by atoms with van der Waals surface area (Å²) in [5.74, 6) is -2.41. The normalized spacial score (nSPS) is 21.2. The number of esters is 1. The van der Waals surface area contributed by atoms with Gasteiger partial charge in [-0.2, -0.15) is 0 Å². The first-order chi connectivity index (χ1) is 20.8. The largest absolute Gasteiger partial charge is 0.456 e. The number of nitrogens with zero attached hydrogens (tertiary/aromatic N) is 2. The number of hydrogen-bond donors (Lipinski definition) is 1. The molecule has 0 aromatic heterocycles. The van der Waals surface area contributed by atoms with Crippen molar-refractivity contribution < 1.29 is 28.8 Å². The van der Waals surface area contributed by atoms with Gasteiger partial charge < -0.3 is 10.1 Å². The van der Waals surface area contributed by atoms with Gasteiger partial charge in [0.25, 0.3) is 11.6 Å². The van der Waals surface area contributed by atoms with E-state index >= 15 is 0 Å². The summed E-state index contributed by atoms with van der Waals surface area (Å²) in [6.07, 6.45) is 1.74. The maximum atomic E-state index is 13.6. The topological polar surface area (TPSA) is 136 Å². The molecule has 10 heteroatoms. The third-order valence-corrected chi connectivity index (χ3v) is 8.86. The van der Waals surface area contributed by atoms with Gasteiger partial charge in [-0.05, 0) is 48.1 Å². The van der Waals surface area contributed by atoms with Gasteiger partial charge in [-0.1, -0.05) is 61.0 Å². The number of nitrogens with one attached hydrogen (secondary N) is 1. The number of nitro groups is 1. The number of nitro benzene ring substituents is 1. The van der Waals surface area contributed by atoms with Gasteiger partial charge in [0.1, 0.15) is 0 Å². The molecular formula is C33H31N3O7. The predicted octanol–water partition coefficient (Wildman–Crippen LogP) is 4.84. The van der Waals surface area contributed by atoms with E-state index in [-0.39, 0.29) is 41.4 Å².